The zero-order valence-electron chi connectivity index (χ0n) is 20.2. The summed E-state index contributed by atoms with van der Waals surface area (Å²) in [6.07, 6.45) is 0.256. The number of nitrogens with one attached hydrogen (secondary N) is 1. The zero-order chi connectivity index (χ0) is 23.8. The van der Waals surface area contributed by atoms with Gasteiger partial charge < -0.3 is 19.9 Å². The van der Waals surface area contributed by atoms with Crippen molar-refractivity contribution in [1.29, 1.82) is 0 Å². The number of ether oxygens (including phenoxy) is 2. The van der Waals surface area contributed by atoms with Crippen molar-refractivity contribution in [2.45, 2.75) is 45.9 Å². The standard InChI is InChI=1S/C27H35N3O4/c1-16(2)10-20-8-9-23-27(29-20)34-24(15-33-23)19-6-4-18(5-7-19)12-30-13-21-22(14-30)25(21)26(32)28-11-17(3)31/h4-9,16-17,21-22,24-25,31H,10-15H2,1-3H3,(H,28,32)/t17-,21-,22+,24+,25?/m0/s1. The molecule has 1 saturated heterocycles. The van der Waals surface area contributed by atoms with Crippen molar-refractivity contribution in [2.75, 3.05) is 26.2 Å². The minimum absolute atomic E-state index is 0.0991. The number of likely N-dealkylation sites (tertiary alicyclic amines) is 1. The van der Waals surface area contributed by atoms with Crippen LogP contribution in [0, 0.1) is 23.7 Å². The zero-order valence-corrected chi connectivity index (χ0v) is 20.2. The maximum absolute atomic E-state index is 12.3. The van der Waals surface area contributed by atoms with Crippen LogP contribution in [0.2, 0.25) is 0 Å². The molecule has 182 valence electrons. The fraction of sp³-hybridized carbons (Fsp3) is 0.556. The van der Waals surface area contributed by atoms with Crippen molar-refractivity contribution in [3.63, 3.8) is 0 Å². The van der Waals surface area contributed by atoms with Gasteiger partial charge in [0.25, 0.3) is 5.88 Å². The molecule has 5 rings (SSSR count). The second-order valence-corrected chi connectivity index (χ2v) is 10.5. The number of rotatable bonds is 8. The van der Waals surface area contributed by atoms with Gasteiger partial charge >= 0.3 is 0 Å². The first-order chi connectivity index (χ1) is 16.4. The van der Waals surface area contributed by atoms with Gasteiger partial charge in [0.15, 0.2) is 11.9 Å². The third kappa shape index (κ3) is 5.05. The predicted molar refractivity (Wildman–Crippen MR) is 129 cm³/mol. The summed E-state index contributed by atoms with van der Waals surface area (Å²) in [5.74, 6) is 2.97. The van der Waals surface area contributed by atoms with Gasteiger partial charge in [0, 0.05) is 37.8 Å². The summed E-state index contributed by atoms with van der Waals surface area (Å²) in [5.41, 5.74) is 3.37. The Labute approximate surface area is 201 Å². The number of carbonyl (C=O) groups is 1. The van der Waals surface area contributed by atoms with Gasteiger partial charge in [-0.1, -0.05) is 38.1 Å². The van der Waals surface area contributed by atoms with E-state index in [1.807, 2.05) is 12.1 Å². The highest BCUT2D eigenvalue weighted by molar-refractivity contribution is 5.82. The molecule has 1 aromatic carbocycles. The summed E-state index contributed by atoms with van der Waals surface area (Å²) >= 11 is 0. The highest BCUT2D eigenvalue weighted by Crippen LogP contribution is 2.52. The molecule has 3 aliphatic rings. The molecule has 2 fully saturated rings. The minimum Gasteiger partial charge on any atom is -0.484 e. The van der Waals surface area contributed by atoms with Gasteiger partial charge in [-0.15, -0.1) is 0 Å². The predicted octanol–water partition coefficient (Wildman–Crippen LogP) is 2.97. The Kier molecular flexibility index (Phi) is 6.49. The van der Waals surface area contributed by atoms with E-state index in [2.05, 4.69) is 53.3 Å². The quantitative estimate of drug-likeness (QED) is 0.624. The van der Waals surface area contributed by atoms with E-state index in [0.717, 1.165) is 37.3 Å². The lowest BCUT2D eigenvalue weighted by Gasteiger charge is -2.26. The smallest absolute Gasteiger partial charge is 0.258 e. The van der Waals surface area contributed by atoms with Gasteiger partial charge in [0.2, 0.25) is 5.91 Å². The molecule has 0 spiro atoms. The average Bonchev–Trinajstić information content (AvgIpc) is 3.32. The summed E-state index contributed by atoms with van der Waals surface area (Å²) in [5, 5.41) is 12.2. The highest BCUT2D eigenvalue weighted by atomic mass is 16.6. The van der Waals surface area contributed by atoms with Crippen LogP contribution in [-0.2, 0) is 17.8 Å². The summed E-state index contributed by atoms with van der Waals surface area (Å²) in [7, 11) is 0. The van der Waals surface area contributed by atoms with Gasteiger partial charge in [0.05, 0.1) is 6.10 Å². The fourth-order valence-corrected chi connectivity index (χ4v) is 5.28. The minimum atomic E-state index is -0.499. The number of carbonyl (C=O) groups excluding carboxylic acids is 1. The van der Waals surface area contributed by atoms with Gasteiger partial charge in [-0.25, -0.2) is 4.98 Å². The summed E-state index contributed by atoms with van der Waals surface area (Å²) < 4.78 is 12.1. The second-order valence-electron chi connectivity index (χ2n) is 10.5. The number of aliphatic hydroxyl groups is 1. The van der Waals surface area contributed by atoms with E-state index in [1.54, 1.807) is 6.92 Å². The van der Waals surface area contributed by atoms with E-state index in [0.29, 0.717) is 42.5 Å². The monoisotopic (exact) mass is 465 g/mol. The molecule has 1 unspecified atom stereocenters. The number of fused-ring (bicyclic) bond motifs is 2. The van der Waals surface area contributed by atoms with Crippen LogP contribution < -0.4 is 14.8 Å². The number of hydrogen-bond donors (Lipinski definition) is 2. The summed E-state index contributed by atoms with van der Waals surface area (Å²) in [6, 6.07) is 12.5. The Hall–Kier alpha value is -2.64. The second kappa shape index (κ2) is 9.55. The topological polar surface area (TPSA) is 83.9 Å². The fourth-order valence-electron chi connectivity index (χ4n) is 5.28. The van der Waals surface area contributed by atoms with Crippen LogP contribution in [-0.4, -0.2) is 53.2 Å². The van der Waals surface area contributed by atoms with E-state index < -0.39 is 6.10 Å². The lowest BCUT2D eigenvalue weighted by Crippen LogP contribution is -2.35. The summed E-state index contributed by atoms with van der Waals surface area (Å²) in [4.78, 5) is 19.4. The maximum atomic E-state index is 12.3. The normalized spacial score (nSPS) is 26.3. The van der Waals surface area contributed by atoms with Crippen molar-refractivity contribution >= 4 is 5.91 Å². The molecule has 2 aromatic rings. The van der Waals surface area contributed by atoms with E-state index in [1.165, 1.54) is 5.56 Å². The molecule has 34 heavy (non-hydrogen) atoms. The van der Waals surface area contributed by atoms with Gasteiger partial charge in [-0.05, 0) is 54.4 Å². The summed E-state index contributed by atoms with van der Waals surface area (Å²) in [6.45, 7) is 9.67. The first kappa shape index (κ1) is 23.1. The SMILES string of the molecule is CC(C)Cc1ccc2c(n1)O[C@@H](c1ccc(CN3C[C@@H]4C(C(=O)NC[C@H](C)O)[C@@H]4C3)cc1)CO2. The number of hydrogen-bond acceptors (Lipinski definition) is 6. The van der Waals surface area contributed by atoms with Crippen LogP contribution in [0.15, 0.2) is 36.4 Å². The number of pyridine rings is 1. The van der Waals surface area contributed by atoms with Crippen LogP contribution in [0.1, 0.15) is 43.7 Å². The Morgan fingerprint density at radius 2 is 1.88 bits per heavy atom. The highest BCUT2D eigenvalue weighted by Gasteiger charge is 2.59. The lowest BCUT2D eigenvalue weighted by molar-refractivity contribution is -0.123. The lowest BCUT2D eigenvalue weighted by atomic mass is 10.1. The molecule has 7 heteroatoms. The molecule has 0 bridgehead atoms. The molecule has 3 heterocycles. The van der Waals surface area contributed by atoms with E-state index in [9.17, 15) is 9.90 Å². The van der Waals surface area contributed by atoms with Gasteiger partial charge in [0.1, 0.15) is 6.61 Å². The number of piperidine rings is 1. The number of benzene rings is 1. The van der Waals surface area contributed by atoms with Crippen molar-refractivity contribution in [3.8, 4) is 11.6 Å². The molecule has 2 N–H and O–H groups in total. The molecular weight excluding hydrogens is 430 g/mol. The number of amides is 1. The van der Waals surface area contributed by atoms with Crippen molar-refractivity contribution < 1.29 is 19.4 Å². The Balaban J connectivity index is 1.13. The number of nitrogens with zero attached hydrogens (tertiary/aromatic N) is 2. The van der Waals surface area contributed by atoms with Gasteiger partial charge in [-0.2, -0.15) is 0 Å². The van der Waals surface area contributed by atoms with Crippen molar-refractivity contribution in [2.24, 2.45) is 23.7 Å². The Morgan fingerprint density at radius 1 is 1.15 bits per heavy atom. The molecule has 2 aliphatic heterocycles. The molecule has 5 atom stereocenters. The van der Waals surface area contributed by atoms with Crippen LogP contribution >= 0.6 is 0 Å². The van der Waals surface area contributed by atoms with E-state index in [-0.39, 0.29) is 17.9 Å². The van der Waals surface area contributed by atoms with E-state index in [4.69, 9.17) is 9.47 Å². The molecule has 1 amide bonds. The molecule has 1 saturated carbocycles. The third-order valence-electron chi connectivity index (χ3n) is 7.05. The van der Waals surface area contributed by atoms with Gasteiger partial charge in [-0.3, -0.25) is 9.69 Å². The molecule has 1 aromatic heterocycles. The first-order valence-electron chi connectivity index (χ1n) is 12.4. The Morgan fingerprint density at radius 3 is 2.56 bits per heavy atom. The number of aromatic nitrogens is 1. The Bertz CT molecular complexity index is 1010. The number of aliphatic hydroxyl groups excluding tert-OH is 1. The van der Waals surface area contributed by atoms with Crippen molar-refractivity contribution in [1.82, 2.24) is 15.2 Å². The van der Waals surface area contributed by atoms with Crippen LogP contribution in [0.25, 0.3) is 0 Å². The molecule has 7 nitrogen and oxygen atoms in total. The molecular formula is C27H35N3O4. The van der Waals surface area contributed by atoms with Crippen LogP contribution in [0.5, 0.6) is 11.6 Å². The third-order valence-corrected chi connectivity index (χ3v) is 7.05. The first-order valence-corrected chi connectivity index (χ1v) is 12.4. The maximum Gasteiger partial charge on any atom is 0.258 e. The van der Waals surface area contributed by atoms with Crippen LogP contribution in [0.4, 0.5) is 0 Å². The molecule has 1 aliphatic carbocycles. The van der Waals surface area contributed by atoms with E-state index >= 15 is 0 Å². The average molecular weight is 466 g/mol. The van der Waals surface area contributed by atoms with Crippen molar-refractivity contribution in [3.05, 3.63) is 53.2 Å². The van der Waals surface area contributed by atoms with Crippen LogP contribution in [0.3, 0.4) is 0 Å². The largest absolute Gasteiger partial charge is 0.484 e. The molecule has 0 radical (unpaired) electrons.